The second-order valence-corrected chi connectivity index (χ2v) is 8.98. The van der Waals surface area contributed by atoms with Crippen LogP contribution in [0.15, 0.2) is 60.7 Å². The van der Waals surface area contributed by atoms with Gasteiger partial charge in [-0.3, -0.25) is 9.59 Å². The van der Waals surface area contributed by atoms with Crippen molar-refractivity contribution >= 4 is 34.8 Å². The van der Waals surface area contributed by atoms with Gasteiger partial charge in [-0.1, -0.05) is 29.8 Å². The summed E-state index contributed by atoms with van der Waals surface area (Å²) < 4.78 is 11.1. The van der Waals surface area contributed by atoms with Gasteiger partial charge in [0, 0.05) is 43.0 Å². The van der Waals surface area contributed by atoms with E-state index < -0.39 is 0 Å². The molecule has 2 heterocycles. The minimum atomic E-state index is -0.255. The molecule has 2 aliphatic rings. The first-order valence-corrected chi connectivity index (χ1v) is 12.0. The summed E-state index contributed by atoms with van der Waals surface area (Å²) in [6.07, 6.45) is 0. The molecule has 0 unspecified atom stereocenters. The molecule has 0 spiro atoms. The molecule has 180 valence electrons. The van der Waals surface area contributed by atoms with Crippen molar-refractivity contribution in [2.24, 2.45) is 0 Å². The highest BCUT2D eigenvalue weighted by Gasteiger charge is 2.24. The fourth-order valence-electron chi connectivity index (χ4n) is 4.36. The Hall–Kier alpha value is -3.71. The molecule has 0 radical (unpaired) electrons. The number of hydrogen-bond donors (Lipinski definition) is 1. The van der Waals surface area contributed by atoms with Gasteiger partial charge in [-0.05, 0) is 55.0 Å². The molecule has 35 heavy (non-hydrogen) atoms. The summed E-state index contributed by atoms with van der Waals surface area (Å²) in [6, 6.07) is 18.3. The first-order valence-electron chi connectivity index (χ1n) is 11.6. The highest BCUT2D eigenvalue weighted by atomic mass is 35.5. The number of amides is 2. The standard InChI is InChI=1S/C27H26ClN3O4/c1-18-4-2-3-5-21(18)27(33)31-12-10-30(11-13-31)23-8-7-20(17-22(23)28)29-26(32)19-6-9-24-25(16-19)35-15-14-34-24/h2-9,16-17H,10-15H2,1H3,(H,29,32). The normalized spacial score (nSPS) is 15.0. The number of anilines is 2. The number of fused-ring (bicyclic) bond motifs is 1. The Morgan fingerprint density at radius 1 is 0.886 bits per heavy atom. The lowest BCUT2D eigenvalue weighted by Gasteiger charge is -2.36. The van der Waals surface area contributed by atoms with E-state index in [9.17, 15) is 9.59 Å². The van der Waals surface area contributed by atoms with Gasteiger partial charge in [0.05, 0.1) is 10.7 Å². The SMILES string of the molecule is Cc1ccccc1C(=O)N1CCN(c2ccc(NC(=O)c3ccc4c(c3)OCCO4)cc2Cl)CC1. The molecule has 2 aliphatic heterocycles. The maximum absolute atomic E-state index is 12.9. The van der Waals surface area contributed by atoms with Crippen LogP contribution in [0.4, 0.5) is 11.4 Å². The highest BCUT2D eigenvalue weighted by molar-refractivity contribution is 6.33. The summed E-state index contributed by atoms with van der Waals surface area (Å²) in [4.78, 5) is 29.7. The van der Waals surface area contributed by atoms with E-state index >= 15 is 0 Å². The lowest BCUT2D eigenvalue weighted by atomic mass is 10.1. The Labute approximate surface area is 209 Å². The lowest BCUT2D eigenvalue weighted by Crippen LogP contribution is -2.49. The van der Waals surface area contributed by atoms with Gasteiger partial charge < -0.3 is 24.6 Å². The zero-order chi connectivity index (χ0) is 24.4. The summed E-state index contributed by atoms with van der Waals surface area (Å²) in [5, 5.41) is 3.44. The number of nitrogens with zero attached hydrogens (tertiary/aromatic N) is 2. The van der Waals surface area contributed by atoms with E-state index in [1.165, 1.54) is 0 Å². The molecular formula is C27H26ClN3O4. The van der Waals surface area contributed by atoms with Gasteiger partial charge in [-0.25, -0.2) is 0 Å². The van der Waals surface area contributed by atoms with Crippen LogP contribution in [0.2, 0.25) is 5.02 Å². The fourth-order valence-corrected chi connectivity index (χ4v) is 4.66. The predicted octanol–water partition coefficient (Wildman–Crippen LogP) is 4.63. The van der Waals surface area contributed by atoms with Crippen LogP contribution in [-0.2, 0) is 0 Å². The van der Waals surface area contributed by atoms with Crippen molar-refractivity contribution < 1.29 is 19.1 Å². The van der Waals surface area contributed by atoms with Crippen LogP contribution < -0.4 is 19.7 Å². The molecule has 3 aromatic carbocycles. The van der Waals surface area contributed by atoms with Crippen molar-refractivity contribution in [2.45, 2.75) is 6.92 Å². The molecule has 0 bridgehead atoms. The van der Waals surface area contributed by atoms with Gasteiger partial charge in [-0.2, -0.15) is 0 Å². The number of aryl methyl sites for hydroxylation is 1. The van der Waals surface area contributed by atoms with Gasteiger partial charge in [0.15, 0.2) is 11.5 Å². The molecule has 0 atom stereocenters. The molecule has 1 N–H and O–H groups in total. The smallest absolute Gasteiger partial charge is 0.255 e. The highest BCUT2D eigenvalue weighted by Crippen LogP contribution is 2.32. The maximum atomic E-state index is 12.9. The third-order valence-electron chi connectivity index (χ3n) is 6.29. The summed E-state index contributed by atoms with van der Waals surface area (Å²) in [7, 11) is 0. The van der Waals surface area contributed by atoms with Crippen molar-refractivity contribution in [3.05, 3.63) is 82.4 Å². The van der Waals surface area contributed by atoms with Crippen LogP contribution in [0.1, 0.15) is 26.3 Å². The van der Waals surface area contributed by atoms with E-state index in [1.54, 1.807) is 24.3 Å². The molecule has 3 aromatic rings. The maximum Gasteiger partial charge on any atom is 0.255 e. The van der Waals surface area contributed by atoms with Gasteiger partial charge in [0.25, 0.3) is 11.8 Å². The summed E-state index contributed by atoms with van der Waals surface area (Å²) in [6.45, 7) is 5.51. The van der Waals surface area contributed by atoms with Crippen molar-refractivity contribution in [3.8, 4) is 11.5 Å². The first kappa shape index (κ1) is 23.1. The van der Waals surface area contributed by atoms with E-state index in [0.717, 1.165) is 16.8 Å². The number of carbonyl (C=O) groups excluding carboxylic acids is 2. The van der Waals surface area contributed by atoms with E-state index in [0.29, 0.717) is 67.2 Å². The van der Waals surface area contributed by atoms with Crippen molar-refractivity contribution in [3.63, 3.8) is 0 Å². The van der Waals surface area contributed by atoms with Gasteiger partial charge in [0.1, 0.15) is 13.2 Å². The lowest BCUT2D eigenvalue weighted by molar-refractivity contribution is 0.0746. The predicted molar refractivity (Wildman–Crippen MR) is 136 cm³/mol. The van der Waals surface area contributed by atoms with Crippen LogP contribution in [-0.4, -0.2) is 56.1 Å². The molecule has 2 amide bonds. The first-order chi connectivity index (χ1) is 17.0. The number of halogens is 1. The van der Waals surface area contributed by atoms with Gasteiger partial charge in [0.2, 0.25) is 0 Å². The number of carbonyl (C=O) groups is 2. The second-order valence-electron chi connectivity index (χ2n) is 8.57. The zero-order valence-electron chi connectivity index (χ0n) is 19.4. The number of hydrogen-bond acceptors (Lipinski definition) is 5. The quantitative estimate of drug-likeness (QED) is 0.576. The molecule has 1 fully saturated rings. The Bertz CT molecular complexity index is 1270. The van der Waals surface area contributed by atoms with Crippen molar-refractivity contribution in [1.29, 1.82) is 0 Å². The van der Waals surface area contributed by atoms with Crippen LogP contribution in [0.5, 0.6) is 11.5 Å². The van der Waals surface area contributed by atoms with Crippen LogP contribution in [0.3, 0.4) is 0 Å². The molecule has 0 aromatic heterocycles. The molecule has 5 rings (SSSR count). The Balaban J connectivity index is 1.22. The summed E-state index contributed by atoms with van der Waals surface area (Å²) in [5.41, 5.74) is 3.69. The van der Waals surface area contributed by atoms with Crippen LogP contribution in [0, 0.1) is 6.92 Å². The monoisotopic (exact) mass is 491 g/mol. The van der Waals surface area contributed by atoms with Crippen molar-refractivity contribution in [2.75, 3.05) is 49.6 Å². The topological polar surface area (TPSA) is 71.1 Å². The Morgan fingerprint density at radius 2 is 1.63 bits per heavy atom. The average Bonchev–Trinajstić information content (AvgIpc) is 2.88. The Morgan fingerprint density at radius 3 is 2.37 bits per heavy atom. The summed E-state index contributed by atoms with van der Waals surface area (Å²) in [5.74, 6) is 1.01. The molecule has 8 heteroatoms. The van der Waals surface area contributed by atoms with Gasteiger partial charge in [-0.15, -0.1) is 0 Å². The third kappa shape index (κ3) is 4.91. The fraction of sp³-hybridized carbons (Fsp3) is 0.259. The number of ether oxygens (including phenoxy) is 2. The second kappa shape index (κ2) is 9.88. The zero-order valence-corrected chi connectivity index (χ0v) is 20.2. The minimum Gasteiger partial charge on any atom is -0.486 e. The number of benzene rings is 3. The minimum absolute atomic E-state index is 0.0612. The molecule has 0 saturated carbocycles. The molecule has 0 aliphatic carbocycles. The van der Waals surface area contributed by atoms with E-state index in [2.05, 4.69) is 10.2 Å². The molecular weight excluding hydrogens is 466 g/mol. The van der Waals surface area contributed by atoms with Crippen LogP contribution >= 0.6 is 11.6 Å². The Kier molecular flexibility index (Phi) is 6.51. The van der Waals surface area contributed by atoms with E-state index in [-0.39, 0.29) is 11.8 Å². The number of piperazine rings is 1. The average molecular weight is 492 g/mol. The number of rotatable bonds is 4. The van der Waals surface area contributed by atoms with Gasteiger partial charge >= 0.3 is 0 Å². The summed E-state index contributed by atoms with van der Waals surface area (Å²) >= 11 is 6.59. The van der Waals surface area contributed by atoms with E-state index in [4.69, 9.17) is 21.1 Å². The third-order valence-corrected chi connectivity index (χ3v) is 6.60. The molecule has 1 saturated heterocycles. The van der Waals surface area contributed by atoms with Crippen molar-refractivity contribution in [1.82, 2.24) is 4.90 Å². The number of nitrogens with one attached hydrogen (secondary N) is 1. The van der Waals surface area contributed by atoms with Crippen LogP contribution in [0.25, 0.3) is 0 Å². The molecule has 7 nitrogen and oxygen atoms in total. The largest absolute Gasteiger partial charge is 0.486 e. The van der Waals surface area contributed by atoms with E-state index in [1.807, 2.05) is 48.2 Å².